The normalized spacial score (nSPS) is 11.6. The average molecular weight is 235 g/mol. The zero-order valence-corrected chi connectivity index (χ0v) is 11.7. The van der Waals surface area contributed by atoms with Gasteiger partial charge in [0, 0.05) is 31.9 Å². The Bertz CT molecular complexity index is 342. The number of hydrogen-bond donors (Lipinski definition) is 1. The molecule has 0 saturated carbocycles. The molecule has 1 aromatic heterocycles. The summed E-state index contributed by atoms with van der Waals surface area (Å²) >= 11 is 0. The van der Waals surface area contributed by atoms with Crippen LogP contribution in [-0.4, -0.2) is 24.1 Å². The third-order valence-electron chi connectivity index (χ3n) is 2.67. The van der Waals surface area contributed by atoms with E-state index in [-0.39, 0.29) is 5.54 Å². The van der Waals surface area contributed by atoms with Crippen molar-refractivity contribution < 1.29 is 0 Å². The molecular formula is C14H25N3. The Labute approximate surface area is 105 Å². The molecule has 96 valence electrons. The van der Waals surface area contributed by atoms with Gasteiger partial charge < -0.3 is 10.2 Å². The molecule has 0 aliphatic heterocycles. The smallest absolute Gasteiger partial charge is 0.0595 e. The Kier molecular flexibility index (Phi) is 4.94. The fourth-order valence-corrected chi connectivity index (χ4v) is 1.72. The Balaban J connectivity index is 2.77. The molecule has 17 heavy (non-hydrogen) atoms. The Morgan fingerprint density at radius 3 is 2.65 bits per heavy atom. The van der Waals surface area contributed by atoms with Crippen LogP contribution in [-0.2, 0) is 6.54 Å². The lowest BCUT2D eigenvalue weighted by Gasteiger charge is -2.25. The fraction of sp³-hybridized carbons (Fsp3) is 0.643. The zero-order valence-electron chi connectivity index (χ0n) is 11.7. The second-order valence-electron chi connectivity index (χ2n) is 5.53. The standard InChI is InChI=1S/C14H25N3/c1-6-9-17(5)13-11-15-8-7-12(13)10-16-14(2,3)4/h7-8,11,16H,6,9-10H2,1-5H3. The highest BCUT2D eigenvalue weighted by Crippen LogP contribution is 2.18. The minimum atomic E-state index is 0.143. The molecule has 3 heteroatoms. The minimum absolute atomic E-state index is 0.143. The maximum Gasteiger partial charge on any atom is 0.0595 e. The molecule has 0 radical (unpaired) electrons. The Morgan fingerprint density at radius 1 is 1.35 bits per heavy atom. The van der Waals surface area contributed by atoms with Gasteiger partial charge in [0.1, 0.15) is 0 Å². The zero-order chi connectivity index (χ0) is 12.9. The van der Waals surface area contributed by atoms with Crippen molar-refractivity contribution in [1.82, 2.24) is 10.3 Å². The lowest BCUT2D eigenvalue weighted by molar-refractivity contribution is 0.424. The van der Waals surface area contributed by atoms with Crippen LogP contribution in [0.15, 0.2) is 18.5 Å². The van der Waals surface area contributed by atoms with Crippen molar-refractivity contribution in [3.8, 4) is 0 Å². The van der Waals surface area contributed by atoms with E-state index in [0.717, 1.165) is 19.5 Å². The Morgan fingerprint density at radius 2 is 2.06 bits per heavy atom. The number of nitrogens with one attached hydrogen (secondary N) is 1. The van der Waals surface area contributed by atoms with Crippen LogP contribution in [0.2, 0.25) is 0 Å². The molecule has 3 nitrogen and oxygen atoms in total. The maximum atomic E-state index is 4.22. The predicted molar refractivity (Wildman–Crippen MR) is 74.4 cm³/mol. The molecule has 0 saturated heterocycles. The molecule has 0 amide bonds. The summed E-state index contributed by atoms with van der Waals surface area (Å²) in [6.45, 7) is 10.7. The van der Waals surface area contributed by atoms with E-state index in [2.05, 4.69) is 56.0 Å². The van der Waals surface area contributed by atoms with E-state index in [4.69, 9.17) is 0 Å². The quantitative estimate of drug-likeness (QED) is 0.850. The second-order valence-corrected chi connectivity index (χ2v) is 5.53. The van der Waals surface area contributed by atoms with Gasteiger partial charge in [0.25, 0.3) is 0 Å². The van der Waals surface area contributed by atoms with Gasteiger partial charge in [-0.25, -0.2) is 0 Å². The molecule has 0 aliphatic rings. The highest BCUT2D eigenvalue weighted by Gasteiger charge is 2.11. The fourth-order valence-electron chi connectivity index (χ4n) is 1.72. The molecule has 1 rings (SSSR count). The SMILES string of the molecule is CCCN(C)c1cnccc1CNC(C)(C)C. The maximum absolute atomic E-state index is 4.22. The summed E-state index contributed by atoms with van der Waals surface area (Å²) in [5, 5.41) is 3.52. The molecule has 1 heterocycles. The summed E-state index contributed by atoms with van der Waals surface area (Å²) in [6.07, 6.45) is 4.97. The number of rotatable bonds is 5. The summed E-state index contributed by atoms with van der Waals surface area (Å²) in [6, 6.07) is 2.10. The van der Waals surface area contributed by atoms with Gasteiger partial charge in [0.05, 0.1) is 11.9 Å². The summed E-state index contributed by atoms with van der Waals surface area (Å²) in [5.74, 6) is 0. The highest BCUT2D eigenvalue weighted by molar-refractivity contribution is 5.50. The number of hydrogen-bond acceptors (Lipinski definition) is 3. The first-order chi connectivity index (χ1) is 7.94. The van der Waals surface area contributed by atoms with Crippen LogP contribution in [0.3, 0.4) is 0 Å². The summed E-state index contributed by atoms with van der Waals surface area (Å²) in [4.78, 5) is 6.49. The van der Waals surface area contributed by atoms with E-state index in [0.29, 0.717) is 0 Å². The van der Waals surface area contributed by atoms with Crippen molar-refractivity contribution in [2.24, 2.45) is 0 Å². The van der Waals surface area contributed by atoms with Crippen LogP contribution in [0.4, 0.5) is 5.69 Å². The summed E-state index contributed by atoms with van der Waals surface area (Å²) in [5.41, 5.74) is 2.68. The number of nitrogens with zero attached hydrogens (tertiary/aromatic N) is 2. The largest absolute Gasteiger partial charge is 0.373 e. The van der Waals surface area contributed by atoms with E-state index < -0.39 is 0 Å². The average Bonchev–Trinajstić information content (AvgIpc) is 2.26. The molecule has 0 bridgehead atoms. The van der Waals surface area contributed by atoms with Gasteiger partial charge in [-0.05, 0) is 38.8 Å². The van der Waals surface area contributed by atoms with Gasteiger partial charge in [-0.15, -0.1) is 0 Å². The van der Waals surface area contributed by atoms with Crippen LogP contribution in [0.25, 0.3) is 0 Å². The lowest BCUT2D eigenvalue weighted by atomic mass is 10.1. The third kappa shape index (κ3) is 4.73. The van der Waals surface area contributed by atoms with E-state index in [1.54, 1.807) is 0 Å². The first kappa shape index (κ1) is 14.0. The van der Waals surface area contributed by atoms with Gasteiger partial charge in [-0.3, -0.25) is 4.98 Å². The van der Waals surface area contributed by atoms with Crippen molar-refractivity contribution in [3.63, 3.8) is 0 Å². The van der Waals surface area contributed by atoms with E-state index in [1.807, 2.05) is 12.4 Å². The van der Waals surface area contributed by atoms with Crippen molar-refractivity contribution >= 4 is 5.69 Å². The van der Waals surface area contributed by atoms with Crippen LogP contribution >= 0.6 is 0 Å². The van der Waals surface area contributed by atoms with Gasteiger partial charge >= 0.3 is 0 Å². The third-order valence-corrected chi connectivity index (χ3v) is 2.67. The monoisotopic (exact) mass is 235 g/mol. The molecule has 1 aromatic rings. The van der Waals surface area contributed by atoms with E-state index in [1.165, 1.54) is 11.3 Å². The predicted octanol–water partition coefficient (Wildman–Crippen LogP) is 2.82. The van der Waals surface area contributed by atoms with Crippen molar-refractivity contribution in [2.75, 3.05) is 18.5 Å². The molecular weight excluding hydrogens is 210 g/mol. The minimum Gasteiger partial charge on any atom is -0.373 e. The van der Waals surface area contributed by atoms with Gasteiger partial charge in [0.15, 0.2) is 0 Å². The summed E-state index contributed by atoms with van der Waals surface area (Å²) in [7, 11) is 2.13. The first-order valence-electron chi connectivity index (χ1n) is 6.33. The topological polar surface area (TPSA) is 28.2 Å². The van der Waals surface area contributed by atoms with Crippen LogP contribution in [0.1, 0.15) is 39.7 Å². The molecule has 0 spiro atoms. The van der Waals surface area contributed by atoms with Gasteiger partial charge in [-0.1, -0.05) is 6.92 Å². The van der Waals surface area contributed by atoms with Gasteiger partial charge in [-0.2, -0.15) is 0 Å². The van der Waals surface area contributed by atoms with Crippen molar-refractivity contribution in [2.45, 2.75) is 46.2 Å². The van der Waals surface area contributed by atoms with Crippen molar-refractivity contribution in [1.29, 1.82) is 0 Å². The number of pyridine rings is 1. The molecule has 0 atom stereocenters. The van der Waals surface area contributed by atoms with E-state index in [9.17, 15) is 0 Å². The van der Waals surface area contributed by atoms with Crippen LogP contribution < -0.4 is 10.2 Å². The van der Waals surface area contributed by atoms with Crippen molar-refractivity contribution in [3.05, 3.63) is 24.0 Å². The van der Waals surface area contributed by atoms with Crippen LogP contribution in [0, 0.1) is 0 Å². The molecule has 0 fully saturated rings. The molecule has 0 aromatic carbocycles. The molecule has 1 N–H and O–H groups in total. The van der Waals surface area contributed by atoms with Gasteiger partial charge in [0.2, 0.25) is 0 Å². The number of aromatic nitrogens is 1. The lowest BCUT2D eigenvalue weighted by Crippen LogP contribution is -2.35. The van der Waals surface area contributed by atoms with Crippen LogP contribution in [0.5, 0.6) is 0 Å². The Hall–Kier alpha value is -1.09. The molecule has 0 aliphatic carbocycles. The first-order valence-corrected chi connectivity index (χ1v) is 6.33. The highest BCUT2D eigenvalue weighted by atomic mass is 15.1. The summed E-state index contributed by atoms with van der Waals surface area (Å²) < 4.78 is 0. The number of anilines is 1. The van der Waals surface area contributed by atoms with E-state index >= 15 is 0 Å². The molecule has 0 unspecified atom stereocenters. The second kappa shape index (κ2) is 6.01.